The van der Waals surface area contributed by atoms with Crippen LogP contribution >= 0.6 is 22.9 Å². The second kappa shape index (κ2) is 4.72. The molecule has 19 heavy (non-hydrogen) atoms. The average molecular weight is 292 g/mol. The summed E-state index contributed by atoms with van der Waals surface area (Å²) in [4.78, 5) is 4.53. The Labute approximate surface area is 119 Å². The standard InChI is InChI=1S/C14H10ClNO2S/c1-18-12-5-2-8(6-11(12)17)14-16-10-4-3-9(15)7-13(10)19-14/h2-7,17H,1H3. The zero-order chi connectivity index (χ0) is 13.4. The summed E-state index contributed by atoms with van der Waals surface area (Å²) in [7, 11) is 1.52. The monoisotopic (exact) mass is 291 g/mol. The first kappa shape index (κ1) is 12.3. The van der Waals surface area contributed by atoms with Gasteiger partial charge < -0.3 is 9.84 Å². The van der Waals surface area contributed by atoms with Crippen molar-refractivity contribution in [3.63, 3.8) is 0 Å². The number of phenolic OH excluding ortho intramolecular Hbond substituents is 1. The van der Waals surface area contributed by atoms with Crippen LogP contribution in [-0.4, -0.2) is 17.2 Å². The fourth-order valence-electron chi connectivity index (χ4n) is 1.84. The lowest BCUT2D eigenvalue weighted by atomic mass is 10.2. The molecule has 1 N–H and O–H groups in total. The normalized spacial score (nSPS) is 10.8. The molecule has 0 saturated heterocycles. The van der Waals surface area contributed by atoms with Crippen molar-refractivity contribution in [3.05, 3.63) is 41.4 Å². The summed E-state index contributed by atoms with van der Waals surface area (Å²) in [5, 5.41) is 11.3. The fourth-order valence-corrected chi connectivity index (χ4v) is 3.08. The lowest BCUT2D eigenvalue weighted by molar-refractivity contribution is 0.373. The van der Waals surface area contributed by atoms with Gasteiger partial charge in [-0.3, -0.25) is 0 Å². The largest absolute Gasteiger partial charge is 0.504 e. The van der Waals surface area contributed by atoms with Crippen LogP contribution in [0.4, 0.5) is 0 Å². The van der Waals surface area contributed by atoms with Gasteiger partial charge in [0.25, 0.3) is 0 Å². The van der Waals surface area contributed by atoms with Gasteiger partial charge in [0.05, 0.1) is 17.3 Å². The van der Waals surface area contributed by atoms with Crippen molar-refractivity contribution in [2.24, 2.45) is 0 Å². The van der Waals surface area contributed by atoms with Crippen molar-refractivity contribution < 1.29 is 9.84 Å². The Morgan fingerprint density at radius 1 is 1.21 bits per heavy atom. The number of phenols is 1. The van der Waals surface area contributed by atoms with E-state index in [9.17, 15) is 5.11 Å². The quantitative estimate of drug-likeness (QED) is 0.764. The summed E-state index contributed by atoms with van der Waals surface area (Å²) in [6, 6.07) is 10.8. The van der Waals surface area contributed by atoms with Crippen LogP contribution in [0.3, 0.4) is 0 Å². The molecule has 3 aromatic rings. The van der Waals surface area contributed by atoms with E-state index in [1.165, 1.54) is 18.4 Å². The molecule has 96 valence electrons. The first-order valence-electron chi connectivity index (χ1n) is 5.61. The van der Waals surface area contributed by atoms with Gasteiger partial charge >= 0.3 is 0 Å². The van der Waals surface area contributed by atoms with Crippen molar-refractivity contribution in [1.82, 2.24) is 4.98 Å². The second-order valence-electron chi connectivity index (χ2n) is 4.02. The highest BCUT2D eigenvalue weighted by Gasteiger charge is 2.09. The van der Waals surface area contributed by atoms with Crippen LogP contribution < -0.4 is 4.74 Å². The summed E-state index contributed by atoms with van der Waals surface area (Å²) in [5.41, 5.74) is 1.76. The van der Waals surface area contributed by atoms with Crippen LogP contribution in [0.15, 0.2) is 36.4 Å². The molecule has 0 atom stereocenters. The first-order chi connectivity index (χ1) is 9.17. The van der Waals surface area contributed by atoms with Gasteiger partial charge in [-0.05, 0) is 36.4 Å². The van der Waals surface area contributed by atoms with Gasteiger partial charge in [0.2, 0.25) is 0 Å². The number of methoxy groups -OCH3 is 1. The Balaban J connectivity index is 2.11. The van der Waals surface area contributed by atoms with E-state index in [2.05, 4.69) is 4.98 Å². The molecule has 0 unspecified atom stereocenters. The van der Waals surface area contributed by atoms with Gasteiger partial charge in [-0.25, -0.2) is 4.98 Å². The number of aromatic nitrogens is 1. The maximum atomic E-state index is 9.80. The average Bonchev–Trinajstić information content (AvgIpc) is 2.81. The van der Waals surface area contributed by atoms with E-state index < -0.39 is 0 Å². The maximum Gasteiger partial charge on any atom is 0.160 e. The van der Waals surface area contributed by atoms with Crippen LogP contribution in [0.5, 0.6) is 11.5 Å². The minimum atomic E-state index is 0.109. The predicted molar refractivity (Wildman–Crippen MR) is 78.3 cm³/mol. The lowest BCUT2D eigenvalue weighted by Gasteiger charge is -2.03. The summed E-state index contributed by atoms with van der Waals surface area (Å²) >= 11 is 7.50. The first-order valence-corrected chi connectivity index (χ1v) is 6.80. The summed E-state index contributed by atoms with van der Waals surface area (Å²) in [6.07, 6.45) is 0. The molecule has 0 fully saturated rings. The van der Waals surface area contributed by atoms with E-state index in [-0.39, 0.29) is 5.75 Å². The number of ether oxygens (including phenoxy) is 1. The number of nitrogens with zero attached hydrogens (tertiary/aromatic N) is 1. The van der Waals surface area contributed by atoms with Crippen LogP contribution in [0.25, 0.3) is 20.8 Å². The maximum absolute atomic E-state index is 9.80. The van der Waals surface area contributed by atoms with Gasteiger partial charge in [-0.15, -0.1) is 11.3 Å². The number of hydrogen-bond acceptors (Lipinski definition) is 4. The summed E-state index contributed by atoms with van der Waals surface area (Å²) in [5.74, 6) is 0.560. The zero-order valence-electron chi connectivity index (χ0n) is 10.1. The minimum Gasteiger partial charge on any atom is -0.504 e. The summed E-state index contributed by atoms with van der Waals surface area (Å²) in [6.45, 7) is 0. The van der Waals surface area contributed by atoms with Crippen molar-refractivity contribution in [2.45, 2.75) is 0 Å². The highest BCUT2D eigenvalue weighted by Crippen LogP contribution is 2.35. The third-order valence-corrected chi connectivity index (χ3v) is 4.08. The van der Waals surface area contributed by atoms with Gasteiger partial charge in [0.1, 0.15) is 5.01 Å². The number of hydrogen-bond donors (Lipinski definition) is 1. The zero-order valence-corrected chi connectivity index (χ0v) is 11.6. The number of benzene rings is 2. The molecule has 1 aromatic heterocycles. The lowest BCUT2D eigenvalue weighted by Crippen LogP contribution is -1.84. The van der Waals surface area contributed by atoms with Gasteiger partial charge in [0, 0.05) is 10.6 Å². The van der Waals surface area contributed by atoms with Gasteiger partial charge in [-0.1, -0.05) is 11.6 Å². The molecular weight excluding hydrogens is 282 g/mol. The third-order valence-electron chi connectivity index (χ3n) is 2.78. The molecule has 0 aliphatic heterocycles. The van der Waals surface area contributed by atoms with E-state index >= 15 is 0 Å². The van der Waals surface area contributed by atoms with E-state index in [1.54, 1.807) is 12.1 Å². The van der Waals surface area contributed by atoms with Crippen molar-refractivity contribution in [2.75, 3.05) is 7.11 Å². The number of rotatable bonds is 2. The summed E-state index contributed by atoms with van der Waals surface area (Å²) < 4.78 is 6.05. The topological polar surface area (TPSA) is 42.4 Å². The Morgan fingerprint density at radius 2 is 2.05 bits per heavy atom. The number of halogens is 1. The van der Waals surface area contributed by atoms with E-state index in [1.807, 2.05) is 24.3 Å². The van der Waals surface area contributed by atoms with Crippen LogP contribution in [-0.2, 0) is 0 Å². The molecule has 3 nitrogen and oxygen atoms in total. The fraction of sp³-hybridized carbons (Fsp3) is 0.0714. The SMILES string of the molecule is COc1ccc(-c2nc3ccc(Cl)cc3s2)cc1O. The third kappa shape index (κ3) is 2.25. The molecule has 5 heteroatoms. The second-order valence-corrected chi connectivity index (χ2v) is 5.48. The Bertz CT molecular complexity index is 754. The van der Waals surface area contributed by atoms with Crippen LogP contribution in [0, 0.1) is 0 Å². The highest BCUT2D eigenvalue weighted by molar-refractivity contribution is 7.21. The molecule has 0 aliphatic carbocycles. The highest BCUT2D eigenvalue weighted by atomic mass is 35.5. The predicted octanol–water partition coefficient (Wildman–Crippen LogP) is 4.33. The molecule has 0 saturated carbocycles. The van der Waals surface area contributed by atoms with E-state index in [0.29, 0.717) is 10.8 Å². The van der Waals surface area contributed by atoms with Crippen molar-refractivity contribution in [1.29, 1.82) is 0 Å². The molecule has 0 amide bonds. The van der Waals surface area contributed by atoms with E-state index in [4.69, 9.17) is 16.3 Å². The smallest absolute Gasteiger partial charge is 0.160 e. The molecule has 0 aliphatic rings. The minimum absolute atomic E-state index is 0.109. The molecule has 0 bridgehead atoms. The molecule has 3 rings (SSSR count). The molecular formula is C14H10ClNO2S. The van der Waals surface area contributed by atoms with E-state index in [0.717, 1.165) is 20.8 Å². The molecule has 1 heterocycles. The molecule has 2 aromatic carbocycles. The van der Waals surface area contributed by atoms with Crippen LogP contribution in [0.2, 0.25) is 5.02 Å². The number of fused-ring (bicyclic) bond motifs is 1. The van der Waals surface area contributed by atoms with Crippen molar-refractivity contribution in [3.8, 4) is 22.1 Å². The Hall–Kier alpha value is -1.78. The molecule has 0 spiro atoms. The molecule has 0 radical (unpaired) electrons. The van der Waals surface area contributed by atoms with Crippen LogP contribution in [0.1, 0.15) is 0 Å². The van der Waals surface area contributed by atoms with Gasteiger partial charge in [0.15, 0.2) is 11.5 Å². The van der Waals surface area contributed by atoms with Gasteiger partial charge in [-0.2, -0.15) is 0 Å². The Morgan fingerprint density at radius 3 is 2.79 bits per heavy atom. The number of thiazole rings is 1. The number of aromatic hydroxyl groups is 1. The Kier molecular flexibility index (Phi) is 3.05. The van der Waals surface area contributed by atoms with Crippen molar-refractivity contribution >= 4 is 33.2 Å².